The van der Waals surface area contributed by atoms with Crippen LogP contribution in [0.5, 0.6) is 0 Å². The second-order valence-electron chi connectivity index (χ2n) is 7.26. The van der Waals surface area contributed by atoms with Crippen LogP contribution in [-0.2, 0) is 4.79 Å². The van der Waals surface area contributed by atoms with Crippen molar-refractivity contribution in [2.45, 2.75) is 31.7 Å². The molecule has 0 spiro atoms. The van der Waals surface area contributed by atoms with Gasteiger partial charge in [-0.25, -0.2) is 4.98 Å². The average Bonchev–Trinajstić information content (AvgIpc) is 2.62. The molecule has 0 aromatic carbocycles. The normalized spacial score (nSPS) is 29.2. The number of aromatic nitrogens is 1. The van der Waals surface area contributed by atoms with Crippen LogP contribution in [0.25, 0.3) is 0 Å². The maximum absolute atomic E-state index is 12.2. The Balaban J connectivity index is 1.51. The zero-order valence-electron chi connectivity index (χ0n) is 14.1. The summed E-state index contributed by atoms with van der Waals surface area (Å²) in [6, 6.07) is 4.19. The molecule has 3 atom stereocenters. The molecule has 0 unspecified atom stereocenters. The van der Waals surface area contributed by atoms with Crippen LogP contribution >= 0.6 is 0 Å². The van der Waals surface area contributed by atoms with Gasteiger partial charge in [-0.3, -0.25) is 9.59 Å². The molecule has 4 heterocycles. The Morgan fingerprint density at radius 1 is 1.29 bits per heavy atom. The van der Waals surface area contributed by atoms with Crippen molar-refractivity contribution >= 4 is 17.6 Å². The summed E-state index contributed by atoms with van der Waals surface area (Å²) in [5.41, 5.74) is 0.586. The molecule has 128 valence electrons. The largest absolute Gasteiger partial charge is 0.356 e. The minimum atomic E-state index is -0.110. The Hall–Kier alpha value is -2.11. The van der Waals surface area contributed by atoms with Gasteiger partial charge in [0.15, 0.2) is 0 Å². The number of hydrogen-bond acceptors (Lipinski definition) is 4. The molecule has 2 bridgehead atoms. The smallest absolute Gasteiger partial charge is 0.252 e. The van der Waals surface area contributed by atoms with E-state index in [-0.39, 0.29) is 5.91 Å². The maximum Gasteiger partial charge on any atom is 0.252 e. The first kappa shape index (κ1) is 15.4. The van der Waals surface area contributed by atoms with E-state index in [0.717, 1.165) is 44.7 Å². The molecule has 1 N–H and O–H groups in total. The summed E-state index contributed by atoms with van der Waals surface area (Å²) in [5.74, 6) is 2.25. The number of pyridine rings is 1. The zero-order valence-corrected chi connectivity index (χ0v) is 14.1. The van der Waals surface area contributed by atoms with Gasteiger partial charge < -0.3 is 15.1 Å². The summed E-state index contributed by atoms with van der Waals surface area (Å²) in [7, 11) is 1.62. The SMILES string of the molecule is CNC(=O)c1ccc(N2C[C@H]3C[C@H](C2)[C@H]2CCCC(=O)N2C3)nc1. The van der Waals surface area contributed by atoms with E-state index in [0.29, 0.717) is 29.3 Å². The lowest BCUT2D eigenvalue weighted by Crippen LogP contribution is -2.60. The van der Waals surface area contributed by atoms with Crippen LogP contribution in [0.3, 0.4) is 0 Å². The van der Waals surface area contributed by atoms with Gasteiger partial charge >= 0.3 is 0 Å². The monoisotopic (exact) mass is 328 g/mol. The molecule has 3 fully saturated rings. The summed E-state index contributed by atoms with van der Waals surface area (Å²) in [5, 5.41) is 2.62. The fourth-order valence-electron chi connectivity index (χ4n) is 4.65. The molecule has 3 saturated heterocycles. The minimum absolute atomic E-state index is 0.110. The zero-order chi connectivity index (χ0) is 16.7. The van der Waals surface area contributed by atoms with E-state index in [2.05, 4.69) is 20.1 Å². The number of carbonyl (C=O) groups excluding carboxylic acids is 2. The van der Waals surface area contributed by atoms with Crippen molar-refractivity contribution in [1.82, 2.24) is 15.2 Å². The Morgan fingerprint density at radius 2 is 2.17 bits per heavy atom. The number of hydrogen-bond donors (Lipinski definition) is 1. The third-order valence-electron chi connectivity index (χ3n) is 5.74. The van der Waals surface area contributed by atoms with E-state index in [1.54, 1.807) is 13.2 Å². The molecular formula is C18H24N4O2. The molecule has 1 aromatic heterocycles. The molecule has 6 nitrogen and oxygen atoms in total. The van der Waals surface area contributed by atoms with Gasteiger partial charge in [-0.15, -0.1) is 0 Å². The highest BCUT2D eigenvalue weighted by atomic mass is 16.2. The molecule has 6 heteroatoms. The fraction of sp³-hybridized carbons (Fsp3) is 0.611. The number of piperidine rings is 3. The van der Waals surface area contributed by atoms with Crippen LogP contribution < -0.4 is 10.2 Å². The third kappa shape index (κ3) is 2.64. The van der Waals surface area contributed by atoms with Gasteiger partial charge in [0.05, 0.1) is 5.56 Å². The quantitative estimate of drug-likeness (QED) is 0.888. The second-order valence-corrected chi connectivity index (χ2v) is 7.26. The summed E-state index contributed by atoms with van der Waals surface area (Å²) < 4.78 is 0. The molecule has 24 heavy (non-hydrogen) atoms. The Kier molecular flexibility index (Phi) is 3.90. The number of amides is 2. The first-order valence-electron chi connectivity index (χ1n) is 8.88. The van der Waals surface area contributed by atoms with Gasteiger partial charge in [0.2, 0.25) is 5.91 Å². The van der Waals surface area contributed by atoms with E-state index < -0.39 is 0 Å². The number of fused-ring (bicyclic) bond motifs is 4. The molecule has 3 aliphatic rings. The van der Waals surface area contributed by atoms with E-state index in [1.165, 1.54) is 6.42 Å². The number of rotatable bonds is 2. The van der Waals surface area contributed by atoms with Crippen molar-refractivity contribution in [2.75, 3.05) is 31.6 Å². The van der Waals surface area contributed by atoms with Crippen molar-refractivity contribution < 1.29 is 9.59 Å². The van der Waals surface area contributed by atoms with Crippen LogP contribution in [-0.4, -0.2) is 54.4 Å². The molecule has 1 aromatic rings. The average molecular weight is 328 g/mol. The van der Waals surface area contributed by atoms with Crippen molar-refractivity contribution in [3.05, 3.63) is 23.9 Å². The molecule has 0 aliphatic carbocycles. The van der Waals surface area contributed by atoms with Crippen LogP contribution in [0.2, 0.25) is 0 Å². The van der Waals surface area contributed by atoms with Gasteiger partial charge in [-0.05, 0) is 43.2 Å². The van der Waals surface area contributed by atoms with Crippen LogP contribution in [0.4, 0.5) is 5.82 Å². The van der Waals surface area contributed by atoms with Crippen LogP contribution in [0, 0.1) is 11.8 Å². The van der Waals surface area contributed by atoms with Gasteiger partial charge in [-0.2, -0.15) is 0 Å². The van der Waals surface area contributed by atoms with Crippen molar-refractivity contribution in [1.29, 1.82) is 0 Å². The summed E-state index contributed by atoms with van der Waals surface area (Å²) in [6.07, 6.45) is 5.76. The predicted octanol–water partition coefficient (Wildman–Crippen LogP) is 1.28. The molecule has 0 radical (unpaired) electrons. The van der Waals surface area contributed by atoms with E-state index in [4.69, 9.17) is 0 Å². The lowest BCUT2D eigenvalue weighted by Gasteiger charge is -2.52. The first-order valence-corrected chi connectivity index (χ1v) is 8.88. The fourth-order valence-corrected chi connectivity index (χ4v) is 4.65. The summed E-state index contributed by atoms with van der Waals surface area (Å²) in [4.78, 5) is 32.8. The predicted molar refractivity (Wildman–Crippen MR) is 90.8 cm³/mol. The number of nitrogens with zero attached hydrogens (tertiary/aromatic N) is 3. The maximum atomic E-state index is 12.2. The second kappa shape index (κ2) is 6.07. The van der Waals surface area contributed by atoms with Crippen molar-refractivity contribution in [2.24, 2.45) is 11.8 Å². The van der Waals surface area contributed by atoms with Gasteiger partial charge in [-0.1, -0.05) is 0 Å². The topological polar surface area (TPSA) is 65.5 Å². The van der Waals surface area contributed by atoms with Crippen molar-refractivity contribution in [3.63, 3.8) is 0 Å². The highest BCUT2D eigenvalue weighted by Gasteiger charge is 2.44. The highest BCUT2D eigenvalue weighted by Crippen LogP contribution is 2.38. The van der Waals surface area contributed by atoms with Gasteiger partial charge in [0.1, 0.15) is 5.82 Å². The lowest BCUT2D eigenvalue weighted by molar-refractivity contribution is -0.142. The molecule has 0 saturated carbocycles. The Morgan fingerprint density at radius 3 is 2.92 bits per heavy atom. The molecule has 2 amide bonds. The first-order chi connectivity index (χ1) is 11.7. The van der Waals surface area contributed by atoms with E-state index in [9.17, 15) is 9.59 Å². The standard InChI is InChI=1S/C18H24N4O2/c1-19-18(24)13-5-6-16(20-8-13)21-9-12-7-14(11-21)15-3-2-4-17(23)22(15)10-12/h5-6,8,12,14-15H,2-4,7,9-11H2,1H3,(H,19,24)/t12-,14-,15-/m1/s1. The lowest BCUT2D eigenvalue weighted by atomic mass is 9.76. The number of carbonyl (C=O) groups is 2. The van der Waals surface area contributed by atoms with Crippen LogP contribution in [0.15, 0.2) is 18.3 Å². The summed E-state index contributed by atoms with van der Waals surface area (Å²) >= 11 is 0. The molecule has 4 rings (SSSR count). The third-order valence-corrected chi connectivity index (χ3v) is 5.74. The summed E-state index contributed by atoms with van der Waals surface area (Å²) in [6.45, 7) is 2.80. The molecule has 3 aliphatic heterocycles. The molecular weight excluding hydrogens is 304 g/mol. The number of nitrogens with one attached hydrogen (secondary N) is 1. The van der Waals surface area contributed by atoms with E-state index >= 15 is 0 Å². The van der Waals surface area contributed by atoms with Crippen LogP contribution in [0.1, 0.15) is 36.0 Å². The van der Waals surface area contributed by atoms with E-state index in [1.807, 2.05) is 12.1 Å². The van der Waals surface area contributed by atoms with Gasteiger partial charge in [0, 0.05) is 45.3 Å². The van der Waals surface area contributed by atoms with Gasteiger partial charge in [0.25, 0.3) is 5.91 Å². The Labute approximate surface area is 142 Å². The minimum Gasteiger partial charge on any atom is -0.356 e. The van der Waals surface area contributed by atoms with Crippen molar-refractivity contribution in [3.8, 4) is 0 Å². The Bertz CT molecular complexity index is 645. The number of anilines is 1. The highest BCUT2D eigenvalue weighted by molar-refractivity contribution is 5.93.